The molecule has 0 aliphatic heterocycles. The molecule has 8 aromatic rings. The number of nitrogens with one attached hydrogen (secondary N) is 2. The number of benzene rings is 4. The number of halogens is 5. The Labute approximate surface area is 522 Å². The Bertz CT molecular complexity index is 3850. The van der Waals surface area contributed by atoms with Crippen LogP contribution in [0.3, 0.4) is 0 Å². The van der Waals surface area contributed by atoms with Crippen LogP contribution >= 0.6 is 58.4 Å². The number of aromatic nitrogens is 6. The third-order valence-electron chi connectivity index (χ3n) is 12.2. The van der Waals surface area contributed by atoms with Gasteiger partial charge in [0.1, 0.15) is 43.6 Å². The lowest BCUT2D eigenvalue weighted by Crippen LogP contribution is -2.45. The van der Waals surface area contributed by atoms with Crippen molar-refractivity contribution >= 4 is 115 Å². The minimum absolute atomic E-state index is 0. The van der Waals surface area contributed by atoms with Crippen LogP contribution in [-0.4, -0.2) is 106 Å². The lowest BCUT2D eigenvalue weighted by molar-refractivity contribution is -0.138. The van der Waals surface area contributed by atoms with Gasteiger partial charge in [0.15, 0.2) is 11.6 Å². The lowest BCUT2D eigenvalue weighted by atomic mass is 10.1. The summed E-state index contributed by atoms with van der Waals surface area (Å²) in [5.74, 6) is 6.17. The molecule has 4 aromatic heterocycles. The number of rotatable bonds is 16. The van der Waals surface area contributed by atoms with Gasteiger partial charge in [-0.25, -0.2) is 28.7 Å². The summed E-state index contributed by atoms with van der Waals surface area (Å²) < 4.78 is 41.9. The first-order valence-electron chi connectivity index (χ1n) is 25.9. The first-order chi connectivity index (χ1) is 40.4. The summed E-state index contributed by atoms with van der Waals surface area (Å²) >= 11 is 18.5. The molecule has 0 bridgehead atoms. The van der Waals surface area contributed by atoms with E-state index in [0.29, 0.717) is 39.2 Å². The van der Waals surface area contributed by atoms with E-state index in [4.69, 9.17) is 29.6 Å². The highest BCUT2D eigenvalue weighted by atomic mass is 79.9. The molecule has 0 aliphatic rings. The topological polar surface area (TPSA) is 211 Å². The number of hydrogen-bond donors (Lipinski definition) is 3. The molecule has 0 fully saturated rings. The number of amides is 4. The van der Waals surface area contributed by atoms with Crippen LogP contribution in [0.2, 0.25) is 10.0 Å². The molecule has 1 atom stereocenters. The highest BCUT2D eigenvalue weighted by Gasteiger charge is 2.25. The van der Waals surface area contributed by atoms with Gasteiger partial charge in [-0.05, 0) is 114 Å². The first-order valence-corrected chi connectivity index (χ1v) is 30.3. The van der Waals surface area contributed by atoms with Gasteiger partial charge < -0.3 is 29.6 Å². The standard InChI is InChI=1S/C30H27ClFN5O3.C24H24BrClFN3O3.C6H4N2.CH3OPS.CH4/c1-19(2)37(17-28(39)35-15-22-6-4-7-25(31)30(22)32)29(40)18-36-16-24(20(3)38)23-14-21(8-10-26(23)36)9-11-27-33-12-5-13-34-27;1-14(2)30(12-22(32)28-10-16-5-4-6-20(26)24(16)27)23(33)13-29-11-19(15(3)31)18-9-17(25)7-8-21(18)29;1-2-6-7-4-3-5-8-6;1-3(2)4;/h4-8,10,12-14,16,19H,15,17-18H2,1-3H3,(H,35,39);4-9,11,14H,10,12-13H2,1-3H3,(H,28,32);1,3-5H;1H3;1H4/p+1. The fourth-order valence-corrected chi connectivity index (χ4v) is 8.85. The molecule has 8 rings (SSSR count). The van der Waals surface area contributed by atoms with E-state index in [9.17, 15) is 42.1 Å². The van der Waals surface area contributed by atoms with Crippen molar-refractivity contribution in [2.24, 2.45) is 0 Å². The number of carbonyl (C=O) groups excluding carboxylic acids is 6. The van der Waals surface area contributed by atoms with Crippen LogP contribution in [0.15, 0.2) is 127 Å². The molecule has 2 N–H and O–H groups in total. The number of carbonyl (C=O) groups is 6. The predicted molar refractivity (Wildman–Crippen MR) is 339 cm³/mol. The quantitative estimate of drug-likeness (QED) is 0.0358. The highest BCUT2D eigenvalue weighted by molar-refractivity contribution is 9.10. The van der Waals surface area contributed by atoms with Crippen molar-refractivity contribution < 1.29 is 42.1 Å². The number of thiol groups is 1. The van der Waals surface area contributed by atoms with E-state index in [1.165, 1.54) is 47.9 Å². The summed E-state index contributed by atoms with van der Waals surface area (Å²) in [5.41, 5.74) is 3.60. The third kappa shape index (κ3) is 20.8. The number of fused-ring (bicyclic) bond motifs is 2. The van der Waals surface area contributed by atoms with Crippen molar-refractivity contribution in [1.82, 2.24) is 49.5 Å². The zero-order valence-electron chi connectivity index (χ0n) is 47.2. The van der Waals surface area contributed by atoms with Crippen molar-refractivity contribution in [2.75, 3.05) is 19.8 Å². The SMILES string of the molecule is C.C#Cc1ncccn1.CC(=O)c1cn(CC(=O)N(CC(=O)NCc2cccc(Cl)c2F)C(C)C)c2ccc(Br)cc12.CC(=O)c1cn(CC(=O)N(CC(=O)NCc2cccc(Cl)c2F)C(C)C)c2ccc(C#Cc3ncccn3)cc12.C[P+](=O)S. The van der Waals surface area contributed by atoms with Crippen LogP contribution in [0.1, 0.15) is 98.0 Å². The molecule has 86 heavy (non-hydrogen) atoms. The van der Waals surface area contributed by atoms with Crippen LogP contribution in [0.4, 0.5) is 8.78 Å². The average molecular weight is 1310 g/mol. The van der Waals surface area contributed by atoms with Gasteiger partial charge in [-0.1, -0.05) is 81.3 Å². The normalized spacial score (nSPS) is 10.5. The molecule has 1 unspecified atom stereocenters. The number of ketones is 2. The maximum Gasteiger partial charge on any atom is 0.404 e. The van der Waals surface area contributed by atoms with E-state index in [0.717, 1.165) is 15.4 Å². The summed E-state index contributed by atoms with van der Waals surface area (Å²) in [5, 5.41) is 6.65. The molecule has 0 aliphatic carbocycles. The smallest absolute Gasteiger partial charge is 0.350 e. The van der Waals surface area contributed by atoms with Crippen molar-refractivity contribution in [3.05, 3.63) is 188 Å². The molecular weight excluding hydrogens is 1250 g/mol. The van der Waals surface area contributed by atoms with Gasteiger partial charge in [0, 0.05) is 116 Å². The van der Waals surface area contributed by atoms with Gasteiger partial charge >= 0.3 is 7.00 Å². The molecule has 0 saturated heterocycles. The van der Waals surface area contributed by atoms with Gasteiger partial charge in [0.25, 0.3) is 0 Å². The molecule has 0 spiro atoms. The van der Waals surface area contributed by atoms with Crippen LogP contribution in [0.25, 0.3) is 21.8 Å². The first kappa shape index (κ1) is 70.3. The Morgan fingerprint density at radius 3 is 1.47 bits per heavy atom. The fraction of sp³-hybridized carbons (Fsp3) is 0.258. The monoisotopic (exact) mass is 1310 g/mol. The highest BCUT2D eigenvalue weighted by Crippen LogP contribution is 2.27. The second kappa shape index (κ2) is 34.1. The molecule has 17 nitrogen and oxygen atoms in total. The van der Waals surface area contributed by atoms with E-state index in [1.807, 2.05) is 32.0 Å². The summed E-state index contributed by atoms with van der Waals surface area (Å²) in [6.07, 6.45) is 14.7. The Kier molecular flexibility index (Phi) is 27.9. The maximum atomic E-state index is 14.2. The second-order valence-electron chi connectivity index (χ2n) is 19.1. The Hall–Kier alpha value is -8.17. The van der Waals surface area contributed by atoms with Gasteiger partial charge in [0.05, 0.1) is 23.1 Å². The number of nitrogens with zero attached hydrogens (tertiary/aromatic N) is 8. The van der Waals surface area contributed by atoms with E-state index in [-0.39, 0.29) is 103 Å². The lowest BCUT2D eigenvalue weighted by Gasteiger charge is -2.26. The minimum Gasteiger partial charge on any atom is -0.350 e. The molecule has 0 radical (unpaired) electrons. The van der Waals surface area contributed by atoms with E-state index in [2.05, 4.69) is 76.5 Å². The zero-order chi connectivity index (χ0) is 62.5. The van der Waals surface area contributed by atoms with Crippen LogP contribution in [0.5, 0.6) is 0 Å². The maximum absolute atomic E-state index is 14.2. The number of hydrogen-bond acceptors (Lipinski definition) is 11. The van der Waals surface area contributed by atoms with E-state index >= 15 is 0 Å². The zero-order valence-corrected chi connectivity index (χ0v) is 52.1. The van der Waals surface area contributed by atoms with Gasteiger partial charge in [-0.3, -0.25) is 28.8 Å². The summed E-state index contributed by atoms with van der Waals surface area (Å²) in [4.78, 5) is 94.7. The molecule has 448 valence electrons. The Morgan fingerprint density at radius 2 is 1.07 bits per heavy atom. The molecule has 0 saturated carbocycles. The largest absolute Gasteiger partial charge is 0.404 e. The number of terminal acetylenes is 1. The molecule has 4 aromatic carbocycles. The number of Topliss-reactive ketones (excluding diaryl/α,β-unsaturated/α-hetero) is 2. The van der Waals surface area contributed by atoms with Gasteiger partial charge in [0.2, 0.25) is 35.3 Å². The summed E-state index contributed by atoms with van der Waals surface area (Å²) in [6.45, 7) is 11.1. The van der Waals surface area contributed by atoms with E-state index < -0.39 is 30.5 Å². The predicted octanol–water partition coefficient (Wildman–Crippen LogP) is 11.7. The van der Waals surface area contributed by atoms with Crippen LogP contribution < -0.4 is 10.6 Å². The molecule has 4 amide bonds. The second-order valence-corrected chi connectivity index (χ2v) is 23.4. The van der Waals surface area contributed by atoms with Crippen molar-refractivity contribution in [2.45, 2.75) is 87.2 Å². The van der Waals surface area contributed by atoms with E-state index in [1.54, 1.807) is 109 Å². The van der Waals surface area contributed by atoms with Crippen molar-refractivity contribution in [3.63, 3.8) is 0 Å². The van der Waals surface area contributed by atoms with Crippen molar-refractivity contribution in [1.29, 1.82) is 0 Å². The van der Waals surface area contributed by atoms with Gasteiger partial charge in [-0.15, -0.1) is 6.42 Å². The summed E-state index contributed by atoms with van der Waals surface area (Å²) in [6, 6.07) is 23.0. The fourth-order valence-electron chi connectivity index (χ4n) is 8.10. The Morgan fingerprint density at radius 1 is 0.663 bits per heavy atom. The van der Waals surface area contributed by atoms with Crippen LogP contribution in [0, 0.1) is 35.8 Å². The molecule has 4 heterocycles. The minimum atomic E-state index is -1.18. The Balaban J connectivity index is 0.000000309. The summed E-state index contributed by atoms with van der Waals surface area (Å²) in [7, 11) is -1.18. The third-order valence-corrected chi connectivity index (χ3v) is 13.3. The van der Waals surface area contributed by atoms with Crippen LogP contribution in [-0.2, 0) is 49.9 Å². The van der Waals surface area contributed by atoms with Crippen molar-refractivity contribution in [3.8, 4) is 24.2 Å². The molecular formula is C62H63BrCl2F2N10O7PS+. The van der Waals surface area contributed by atoms with Gasteiger partial charge in [-0.2, -0.15) is 0 Å². The average Bonchev–Trinajstić information content (AvgIpc) is 1.96. The molecule has 24 heteroatoms.